The molecule has 0 saturated heterocycles. The van der Waals surface area contributed by atoms with Crippen molar-refractivity contribution in [3.05, 3.63) is 42.4 Å². The lowest BCUT2D eigenvalue weighted by molar-refractivity contribution is -0.140. The molecular weight excluding hydrogens is 284 g/mol. The molecule has 2 aromatic rings. The maximum absolute atomic E-state index is 11.7. The zero-order chi connectivity index (χ0) is 15.8. The van der Waals surface area contributed by atoms with E-state index >= 15 is 0 Å². The molecule has 0 aliphatic rings. The molecule has 2 heterocycles. The van der Waals surface area contributed by atoms with Crippen LogP contribution in [0.2, 0.25) is 0 Å². The number of rotatable bonds is 7. The largest absolute Gasteiger partial charge is 0.469 e. The average molecular weight is 302 g/mol. The van der Waals surface area contributed by atoms with Gasteiger partial charge in [-0.2, -0.15) is 0 Å². The summed E-state index contributed by atoms with van der Waals surface area (Å²) in [6, 6.07) is 5.58. The first-order valence-electron chi connectivity index (χ1n) is 7.00. The van der Waals surface area contributed by atoms with Crippen LogP contribution in [0.4, 0.5) is 0 Å². The predicted octanol–water partition coefficient (Wildman–Crippen LogP) is 2.30. The Morgan fingerprint density at radius 2 is 2.18 bits per heavy atom. The standard InChI is InChI=1S/C16H18N2O4/c1-21-16(20)6-2-5-15(19)18-10-12-8-13(11-17-9-12)14-4-3-7-22-14/h3-4,7-9,11H,2,5-6,10H2,1H3,(H,18,19). The number of furan rings is 1. The molecule has 0 aromatic carbocycles. The summed E-state index contributed by atoms with van der Waals surface area (Å²) in [5.74, 6) is 0.328. The van der Waals surface area contributed by atoms with Crippen LogP contribution < -0.4 is 5.32 Å². The highest BCUT2D eigenvalue weighted by Gasteiger charge is 2.06. The quantitative estimate of drug-likeness (QED) is 0.794. The number of aromatic nitrogens is 1. The number of carbonyl (C=O) groups excluding carboxylic acids is 2. The molecule has 0 aliphatic heterocycles. The highest BCUT2D eigenvalue weighted by molar-refractivity contribution is 5.77. The Morgan fingerprint density at radius 1 is 1.32 bits per heavy atom. The predicted molar refractivity (Wildman–Crippen MR) is 79.7 cm³/mol. The normalized spacial score (nSPS) is 10.2. The molecule has 6 nitrogen and oxygen atoms in total. The number of nitrogens with zero attached hydrogens (tertiary/aromatic N) is 1. The third kappa shape index (κ3) is 4.73. The van der Waals surface area contributed by atoms with Crippen molar-refractivity contribution in [2.75, 3.05) is 7.11 Å². The molecule has 22 heavy (non-hydrogen) atoms. The molecule has 0 bridgehead atoms. The van der Waals surface area contributed by atoms with E-state index in [9.17, 15) is 9.59 Å². The maximum atomic E-state index is 11.7. The van der Waals surface area contributed by atoms with E-state index in [2.05, 4.69) is 15.0 Å². The van der Waals surface area contributed by atoms with E-state index in [0.29, 0.717) is 19.4 Å². The second-order valence-electron chi connectivity index (χ2n) is 4.77. The summed E-state index contributed by atoms with van der Waals surface area (Å²) < 4.78 is 9.84. The number of esters is 1. The van der Waals surface area contributed by atoms with E-state index < -0.39 is 0 Å². The minimum absolute atomic E-state index is 0.104. The van der Waals surface area contributed by atoms with E-state index in [0.717, 1.165) is 16.9 Å². The lowest BCUT2D eigenvalue weighted by atomic mass is 10.1. The number of nitrogens with one attached hydrogen (secondary N) is 1. The first-order chi connectivity index (χ1) is 10.7. The van der Waals surface area contributed by atoms with E-state index in [-0.39, 0.29) is 18.3 Å². The van der Waals surface area contributed by atoms with Crippen molar-refractivity contribution in [2.45, 2.75) is 25.8 Å². The van der Waals surface area contributed by atoms with Gasteiger partial charge in [-0.05, 0) is 30.2 Å². The Labute approximate surface area is 128 Å². The second-order valence-corrected chi connectivity index (χ2v) is 4.77. The van der Waals surface area contributed by atoms with E-state index in [1.807, 2.05) is 18.2 Å². The van der Waals surface area contributed by atoms with Crippen LogP contribution in [0.25, 0.3) is 11.3 Å². The van der Waals surface area contributed by atoms with Crippen molar-refractivity contribution >= 4 is 11.9 Å². The molecule has 0 unspecified atom stereocenters. The number of amides is 1. The number of hydrogen-bond donors (Lipinski definition) is 1. The minimum atomic E-state index is -0.303. The van der Waals surface area contributed by atoms with Crippen molar-refractivity contribution in [3.63, 3.8) is 0 Å². The number of ether oxygens (including phenoxy) is 1. The average Bonchev–Trinajstić information content (AvgIpc) is 3.07. The van der Waals surface area contributed by atoms with Crippen molar-refractivity contribution in [1.82, 2.24) is 10.3 Å². The molecule has 0 saturated carbocycles. The molecule has 0 atom stereocenters. The van der Waals surface area contributed by atoms with Gasteiger partial charge in [0.25, 0.3) is 0 Å². The van der Waals surface area contributed by atoms with Gasteiger partial charge in [0, 0.05) is 37.3 Å². The first kappa shape index (κ1) is 15.8. The van der Waals surface area contributed by atoms with Crippen LogP contribution >= 0.6 is 0 Å². The Bertz CT molecular complexity index is 623. The van der Waals surface area contributed by atoms with E-state index in [4.69, 9.17) is 4.42 Å². The fourth-order valence-electron chi connectivity index (χ4n) is 1.95. The molecule has 116 valence electrons. The molecule has 0 aliphatic carbocycles. The lowest BCUT2D eigenvalue weighted by Crippen LogP contribution is -2.22. The summed E-state index contributed by atoms with van der Waals surface area (Å²) in [6.45, 7) is 0.388. The third-order valence-electron chi connectivity index (χ3n) is 3.10. The molecule has 6 heteroatoms. The lowest BCUT2D eigenvalue weighted by Gasteiger charge is -2.06. The summed E-state index contributed by atoms with van der Waals surface area (Å²) in [5.41, 5.74) is 1.75. The van der Waals surface area contributed by atoms with Gasteiger partial charge in [0.1, 0.15) is 5.76 Å². The van der Waals surface area contributed by atoms with Crippen LogP contribution in [0.15, 0.2) is 41.3 Å². The second kappa shape index (κ2) is 7.97. The zero-order valence-corrected chi connectivity index (χ0v) is 12.4. The van der Waals surface area contributed by atoms with Gasteiger partial charge in [-0.25, -0.2) is 0 Å². The van der Waals surface area contributed by atoms with Crippen LogP contribution in [0.3, 0.4) is 0 Å². The fraction of sp³-hybridized carbons (Fsp3) is 0.312. The highest BCUT2D eigenvalue weighted by Crippen LogP contribution is 2.19. The van der Waals surface area contributed by atoms with Crippen molar-refractivity contribution in [2.24, 2.45) is 0 Å². The molecule has 0 spiro atoms. The third-order valence-corrected chi connectivity index (χ3v) is 3.10. The van der Waals surface area contributed by atoms with Gasteiger partial charge in [-0.1, -0.05) is 0 Å². The minimum Gasteiger partial charge on any atom is -0.469 e. The van der Waals surface area contributed by atoms with Gasteiger partial charge < -0.3 is 14.5 Å². The SMILES string of the molecule is COC(=O)CCCC(=O)NCc1cncc(-c2ccco2)c1. The molecule has 2 aromatic heterocycles. The van der Waals surface area contributed by atoms with Crippen LogP contribution in [-0.2, 0) is 20.9 Å². The van der Waals surface area contributed by atoms with Gasteiger partial charge in [0.15, 0.2) is 0 Å². The number of carbonyl (C=O) groups is 2. The zero-order valence-electron chi connectivity index (χ0n) is 12.4. The van der Waals surface area contributed by atoms with Crippen LogP contribution in [0.5, 0.6) is 0 Å². The Balaban J connectivity index is 1.80. The smallest absolute Gasteiger partial charge is 0.305 e. The first-order valence-corrected chi connectivity index (χ1v) is 7.00. The fourth-order valence-corrected chi connectivity index (χ4v) is 1.95. The van der Waals surface area contributed by atoms with Crippen molar-refractivity contribution < 1.29 is 18.7 Å². The Hall–Kier alpha value is -2.63. The molecule has 0 radical (unpaired) electrons. The highest BCUT2D eigenvalue weighted by atomic mass is 16.5. The van der Waals surface area contributed by atoms with Crippen molar-refractivity contribution in [1.29, 1.82) is 0 Å². The summed E-state index contributed by atoms with van der Waals surface area (Å²) in [5, 5.41) is 2.80. The summed E-state index contributed by atoms with van der Waals surface area (Å²) in [4.78, 5) is 26.8. The molecule has 1 N–H and O–H groups in total. The van der Waals surface area contributed by atoms with E-state index in [1.54, 1.807) is 18.7 Å². The monoisotopic (exact) mass is 302 g/mol. The Morgan fingerprint density at radius 3 is 2.91 bits per heavy atom. The Kier molecular flexibility index (Phi) is 5.71. The van der Waals surface area contributed by atoms with Gasteiger partial charge >= 0.3 is 5.97 Å². The summed E-state index contributed by atoms with van der Waals surface area (Å²) in [6.07, 6.45) is 6.02. The topological polar surface area (TPSA) is 81.4 Å². The van der Waals surface area contributed by atoms with Gasteiger partial charge in [-0.15, -0.1) is 0 Å². The van der Waals surface area contributed by atoms with Gasteiger partial charge in [0.2, 0.25) is 5.91 Å². The maximum Gasteiger partial charge on any atom is 0.305 e. The molecular formula is C16H18N2O4. The van der Waals surface area contributed by atoms with Gasteiger partial charge in [-0.3, -0.25) is 14.6 Å². The van der Waals surface area contributed by atoms with Gasteiger partial charge in [0.05, 0.1) is 13.4 Å². The molecule has 1 amide bonds. The summed E-state index contributed by atoms with van der Waals surface area (Å²) in [7, 11) is 1.33. The van der Waals surface area contributed by atoms with Crippen LogP contribution in [0.1, 0.15) is 24.8 Å². The number of pyridine rings is 1. The number of hydrogen-bond acceptors (Lipinski definition) is 5. The van der Waals surface area contributed by atoms with E-state index in [1.165, 1.54) is 7.11 Å². The van der Waals surface area contributed by atoms with Crippen LogP contribution in [0, 0.1) is 0 Å². The number of methoxy groups -OCH3 is 1. The molecule has 0 fully saturated rings. The van der Waals surface area contributed by atoms with Crippen molar-refractivity contribution in [3.8, 4) is 11.3 Å². The molecule has 2 rings (SSSR count). The summed E-state index contributed by atoms with van der Waals surface area (Å²) >= 11 is 0. The van der Waals surface area contributed by atoms with Crippen LogP contribution in [-0.4, -0.2) is 24.0 Å².